The fourth-order valence-electron chi connectivity index (χ4n) is 3.75. The Kier molecular flexibility index (Phi) is 4.75. The zero-order chi connectivity index (χ0) is 19.0. The van der Waals surface area contributed by atoms with Crippen LogP contribution in [-0.2, 0) is 6.54 Å². The molecule has 1 fully saturated rings. The van der Waals surface area contributed by atoms with E-state index in [4.69, 9.17) is 11.6 Å². The molecule has 0 atom stereocenters. The van der Waals surface area contributed by atoms with Gasteiger partial charge in [-0.05, 0) is 30.7 Å². The molecule has 6 nitrogen and oxygen atoms in total. The maximum atomic E-state index is 14.6. The highest BCUT2D eigenvalue weighted by atomic mass is 35.5. The van der Waals surface area contributed by atoms with Crippen molar-refractivity contribution in [3.05, 3.63) is 35.4 Å². The lowest BCUT2D eigenvalue weighted by Gasteiger charge is -2.26. The number of imidazole rings is 1. The summed E-state index contributed by atoms with van der Waals surface area (Å²) in [6, 6.07) is 3.42. The van der Waals surface area contributed by atoms with Gasteiger partial charge in [0.1, 0.15) is 17.3 Å². The maximum absolute atomic E-state index is 14.6. The van der Waals surface area contributed by atoms with Gasteiger partial charge in [0.2, 0.25) is 5.82 Å². The van der Waals surface area contributed by atoms with Crippen LogP contribution in [0.4, 0.5) is 4.39 Å². The van der Waals surface area contributed by atoms with Crippen molar-refractivity contribution < 1.29 is 4.39 Å². The number of rotatable bonds is 3. The number of pyridine rings is 1. The normalized spacial score (nSPS) is 19.9. The SMILES string of the molecule is CC1CCC(Cn2cnc3nc(C#N)nc(-c4ccnc(Cl)c4F)c32)CC1. The van der Waals surface area contributed by atoms with E-state index in [0.717, 1.165) is 25.3 Å². The molecule has 3 aromatic rings. The average Bonchev–Trinajstić information content (AvgIpc) is 3.08. The van der Waals surface area contributed by atoms with Crippen molar-refractivity contribution in [2.75, 3.05) is 0 Å². The van der Waals surface area contributed by atoms with Crippen molar-refractivity contribution in [2.24, 2.45) is 11.8 Å². The Morgan fingerprint density at radius 1 is 1.26 bits per heavy atom. The number of aromatic nitrogens is 5. The Morgan fingerprint density at radius 3 is 2.78 bits per heavy atom. The van der Waals surface area contributed by atoms with Gasteiger partial charge in [0.25, 0.3) is 0 Å². The smallest absolute Gasteiger partial charge is 0.234 e. The lowest BCUT2D eigenvalue weighted by molar-refractivity contribution is 0.266. The molecular formula is C19H18ClFN6. The van der Waals surface area contributed by atoms with Crippen molar-refractivity contribution in [2.45, 2.75) is 39.2 Å². The summed E-state index contributed by atoms with van der Waals surface area (Å²) in [6.07, 6.45) is 7.86. The largest absolute Gasteiger partial charge is 0.327 e. The van der Waals surface area contributed by atoms with Crippen LogP contribution in [0.1, 0.15) is 38.4 Å². The first kappa shape index (κ1) is 17.8. The van der Waals surface area contributed by atoms with E-state index in [9.17, 15) is 9.65 Å². The number of halogens is 2. The number of nitrogens with zero attached hydrogens (tertiary/aromatic N) is 6. The van der Waals surface area contributed by atoms with Crippen molar-refractivity contribution in [3.63, 3.8) is 0 Å². The fraction of sp³-hybridized carbons (Fsp3) is 0.421. The van der Waals surface area contributed by atoms with Crippen LogP contribution in [0.3, 0.4) is 0 Å². The molecule has 0 N–H and O–H groups in total. The highest BCUT2D eigenvalue weighted by molar-refractivity contribution is 6.29. The van der Waals surface area contributed by atoms with Gasteiger partial charge >= 0.3 is 0 Å². The molecule has 3 aromatic heterocycles. The van der Waals surface area contributed by atoms with E-state index in [0.29, 0.717) is 22.8 Å². The van der Waals surface area contributed by atoms with Gasteiger partial charge in [-0.25, -0.2) is 19.3 Å². The van der Waals surface area contributed by atoms with E-state index in [2.05, 4.69) is 26.9 Å². The molecule has 0 aliphatic heterocycles. The number of nitriles is 1. The van der Waals surface area contributed by atoms with Crippen molar-refractivity contribution in [1.29, 1.82) is 5.26 Å². The molecule has 0 aromatic carbocycles. The van der Waals surface area contributed by atoms with Crippen LogP contribution in [0.25, 0.3) is 22.4 Å². The summed E-state index contributed by atoms with van der Waals surface area (Å²) in [5, 5.41) is 9.01. The van der Waals surface area contributed by atoms with Crippen LogP contribution in [0.15, 0.2) is 18.6 Å². The molecule has 1 aliphatic rings. The molecular weight excluding hydrogens is 367 g/mol. The number of hydrogen-bond acceptors (Lipinski definition) is 5. The predicted octanol–water partition coefficient (Wildman–Crippen LogP) is 4.38. The molecule has 4 rings (SSSR count). The van der Waals surface area contributed by atoms with E-state index < -0.39 is 5.82 Å². The topological polar surface area (TPSA) is 80.3 Å². The zero-order valence-electron chi connectivity index (χ0n) is 14.9. The van der Waals surface area contributed by atoms with Gasteiger partial charge in [-0.3, -0.25) is 0 Å². The maximum Gasteiger partial charge on any atom is 0.234 e. The minimum Gasteiger partial charge on any atom is -0.327 e. The second-order valence-electron chi connectivity index (χ2n) is 7.17. The van der Waals surface area contributed by atoms with Crippen LogP contribution in [0.2, 0.25) is 5.15 Å². The Balaban J connectivity index is 1.83. The summed E-state index contributed by atoms with van der Waals surface area (Å²) < 4.78 is 16.6. The third-order valence-electron chi connectivity index (χ3n) is 5.26. The van der Waals surface area contributed by atoms with Gasteiger partial charge in [0, 0.05) is 18.3 Å². The molecule has 0 radical (unpaired) electrons. The third-order valence-corrected chi connectivity index (χ3v) is 5.53. The van der Waals surface area contributed by atoms with Crippen LogP contribution in [0, 0.1) is 29.0 Å². The van der Waals surface area contributed by atoms with E-state index in [1.807, 2.05) is 10.6 Å². The van der Waals surface area contributed by atoms with E-state index in [1.165, 1.54) is 25.1 Å². The Hall–Kier alpha value is -2.59. The molecule has 0 unspecified atom stereocenters. The van der Waals surface area contributed by atoms with Crippen LogP contribution >= 0.6 is 11.6 Å². The Morgan fingerprint density at radius 2 is 2.04 bits per heavy atom. The van der Waals surface area contributed by atoms with Gasteiger partial charge in [0.05, 0.1) is 6.33 Å². The monoisotopic (exact) mass is 384 g/mol. The molecule has 27 heavy (non-hydrogen) atoms. The average molecular weight is 385 g/mol. The number of fused-ring (bicyclic) bond motifs is 1. The summed E-state index contributed by atoms with van der Waals surface area (Å²) in [6.45, 7) is 3.06. The van der Waals surface area contributed by atoms with Crippen LogP contribution in [-0.4, -0.2) is 24.5 Å². The van der Waals surface area contributed by atoms with Gasteiger partial charge in [-0.2, -0.15) is 10.2 Å². The summed E-state index contributed by atoms with van der Waals surface area (Å²) in [4.78, 5) is 16.5. The first-order chi connectivity index (χ1) is 13.1. The minimum absolute atomic E-state index is 0.0541. The van der Waals surface area contributed by atoms with Gasteiger partial charge < -0.3 is 4.57 Å². The first-order valence-corrected chi connectivity index (χ1v) is 9.38. The second kappa shape index (κ2) is 7.20. The van der Waals surface area contributed by atoms with Crippen molar-refractivity contribution >= 4 is 22.8 Å². The fourth-order valence-corrected chi connectivity index (χ4v) is 3.90. The van der Waals surface area contributed by atoms with E-state index in [1.54, 1.807) is 6.33 Å². The molecule has 0 saturated heterocycles. The molecule has 3 heterocycles. The lowest BCUT2D eigenvalue weighted by Crippen LogP contribution is -2.17. The molecule has 0 amide bonds. The summed E-state index contributed by atoms with van der Waals surface area (Å²) in [7, 11) is 0. The molecule has 0 bridgehead atoms. The van der Waals surface area contributed by atoms with Gasteiger partial charge in [-0.15, -0.1) is 0 Å². The standard InChI is InChI=1S/C19H18ClFN6/c1-11-2-4-12(5-3-11)9-27-10-24-19-17(27)16(25-14(8-22)26-19)13-6-7-23-18(20)15(13)21/h6-7,10-12H,2-5,9H2,1H3. The predicted molar refractivity (Wildman–Crippen MR) is 99.4 cm³/mol. The highest BCUT2D eigenvalue weighted by Crippen LogP contribution is 2.33. The molecule has 8 heteroatoms. The highest BCUT2D eigenvalue weighted by Gasteiger charge is 2.23. The summed E-state index contributed by atoms with van der Waals surface area (Å²) in [5.74, 6) is 0.586. The minimum atomic E-state index is -0.665. The quantitative estimate of drug-likeness (QED) is 0.626. The lowest BCUT2D eigenvalue weighted by atomic mass is 9.83. The summed E-state index contributed by atoms with van der Waals surface area (Å²) in [5.41, 5.74) is 1.51. The van der Waals surface area contributed by atoms with Gasteiger partial charge in [0.15, 0.2) is 16.6 Å². The number of hydrogen-bond donors (Lipinski definition) is 0. The van der Waals surface area contributed by atoms with Crippen LogP contribution < -0.4 is 0 Å². The first-order valence-electron chi connectivity index (χ1n) is 9.00. The van der Waals surface area contributed by atoms with E-state index >= 15 is 0 Å². The molecule has 1 aliphatic carbocycles. The van der Waals surface area contributed by atoms with Crippen molar-refractivity contribution in [1.82, 2.24) is 24.5 Å². The molecule has 138 valence electrons. The van der Waals surface area contributed by atoms with Crippen LogP contribution in [0.5, 0.6) is 0 Å². The van der Waals surface area contributed by atoms with Gasteiger partial charge in [-0.1, -0.05) is 31.4 Å². The van der Waals surface area contributed by atoms with E-state index in [-0.39, 0.29) is 16.5 Å². The second-order valence-corrected chi connectivity index (χ2v) is 7.52. The molecule has 1 saturated carbocycles. The Bertz CT molecular complexity index is 1030. The Labute approximate surface area is 161 Å². The third kappa shape index (κ3) is 3.37. The summed E-state index contributed by atoms with van der Waals surface area (Å²) >= 11 is 5.85. The van der Waals surface area contributed by atoms with Crippen molar-refractivity contribution in [3.8, 4) is 17.3 Å². The molecule has 0 spiro atoms. The zero-order valence-corrected chi connectivity index (χ0v) is 15.6.